The van der Waals surface area contributed by atoms with Crippen LogP contribution in [0.3, 0.4) is 0 Å². The van der Waals surface area contributed by atoms with Gasteiger partial charge >= 0.3 is 0 Å². The minimum atomic E-state index is -0.167. The van der Waals surface area contributed by atoms with E-state index in [1.165, 1.54) is 22.4 Å². The highest BCUT2D eigenvalue weighted by molar-refractivity contribution is 5.96. The van der Waals surface area contributed by atoms with Crippen LogP contribution >= 0.6 is 0 Å². The Morgan fingerprint density at radius 3 is 2.50 bits per heavy atom. The van der Waals surface area contributed by atoms with Crippen molar-refractivity contribution in [1.82, 2.24) is 24.9 Å². The van der Waals surface area contributed by atoms with Crippen LogP contribution in [0.2, 0.25) is 0 Å². The molecule has 1 aromatic carbocycles. The van der Waals surface area contributed by atoms with Crippen molar-refractivity contribution in [3.8, 4) is 0 Å². The van der Waals surface area contributed by atoms with Crippen molar-refractivity contribution in [3.63, 3.8) is 0 Å². The second kappa shape index (κ2) is 8.60. The van der Waals surface area contributed by atoms with Gasteiger partial charge in [0.25, 0.3) is 5.91 Å². The molecule has 4 rings (SSSR count). The normalized spacial score (nSPS) is 16.6. The molecule has 1 aliphatic heterocycles. The van der Waals surface area contributed by atoms with Gasteiger partial charge in [-0.25, -0.2) is 0 Å². The van der Waals surface area contributed by atoms with Crippen molar-refractivity contribution in [2.75, 3.05) is 32.7 Å². The summed E-state index contributed by atoms with van der Waals surface area (Å²) >= 11 is 0. The summed E-state index contributed by atoms with van der Waals surface area (Å²) in [5.74, 6) is -0.183. The molecular formula is C23H31N5O2. The van der Waals surface area contributed by atoms with Crippen LogP contribution in [0.25, 0.3) is 0 Å². The summed E-state index contributed by atoms with van der Waals surface area (Å²) in [6.45, 7) is 8.10. The molecule has 30 heavy (non-hydrogen) atoms. The Labute approximate surface area is 178 Å². The Morgan fingerprint density at radius 2 is 1.80 bits per heavy atom. The minimum absolute atomic E-state index is 0.0158. The van der Waals surface area contributed by atoms with Crippen molar-refractivity contribution in [1.29, 1.82) is 0 Å². The van der Waals surface area contributed by atoms with Gasteiger partial charge < -0.3 is 10.2 Å². The van der Waals surface area contributed by atoms with E-state index in [0.717, 1.165) is 44.6 Å². The molecule has 2 aliphatic rings. The summed E-state index contributed by atoms with van der Waals surface area (Å²) in [6.07, 6.45) is 3.30. The monoisotopic (exact) mass is 409 g/mol. The maximum atomic E-state index is 12.6. The highest BCUT2D eigenvalue weighted by Crippen LogP contribution is 2.22. The molecule has 0 bridgehead atoms. The number of carbonyl (C=O) groups excluding carboxylic acids is 2. The van der Waals surface area contributed by atoms with E-state index in [1.54, 1.807) is 0 Å². The number of piperazine rings is 1. The molecule has 0 radical (unpaired) electrons. The summed E-state index contributed by atoms with van der Waals surface area (Å²) in [6, 6.07) is 5.89. The first-order valence-electron chi connectivity index (χ1n) is 10.8. The van der Waals surface area contributed by atoms with E-state index in [2.05, 4.69) is 22.2 Å². The van der Waals surface area contributed by atoms with E-state index in [1.807, 2.05) is 41.8 Å². The first-order valence-corrected chi connectivity index (χ1v) is 10.8. The van der Waals surface area contributed by atoms with Crippen LogP contribution in [-0.2, 0) is 31.2 Å². The van der Waals surface area contributed by atoms with Gasteiger partial charge in [0.2, 0.25) is 5.91 Å². The lowest BCUT2D eigenvalue weighted by Crippen LogP contribution is -2.50. The van der Waals surface area contributed by atoms with Crippen molar-refractivity contribution >= 4 is 11.8 Å². The summed E-state index contributed by atoms with van der Waals surface area (Å²) in [5.41, 5.74) is 6.80. The minimum Gasteiger partial charge on any atom is -0.343 e. The quantitative estimate of drug-likeness (QED) is 0.814. The zero-order chi connectivity index (χ0) is 21.3. The number of nitrogens with zero attached hydrogens (tertiary/aromatic N) is 4. The smallest absolute Gasteiger partial charge is 0.251 e. The predicted octanol–water partition coefficient (Wildman–Crippen LogP) is 1.60. The van der Waals surface area contributed by atoms with Crippen molar-refractivity contribution < 1.29 is 9.59 Å². The van der Waals surface area contributed by atoms with Gasteiger partial charge in [-0.2, -0.15) is 5.10 Å². The lowest BCUT2D eigenvalue weighted by molar-refractivity contribution is -0.131. The Morgan fingerprint density at radius 1 is 1.07 bits per heavy atom. The second-order valence-electron chi connectivity index (χ2n) is 8.45. The lowest BCUT2D eigenvalue weighted by Gasteiger charge is -2.34. The van der Waals surface area contributed by atoms with Gasteiger partial charge in [-0.1, -0.05) is 6.07 Å². The van der Waals surface area contributed by atoms with E-state index >= 15 is 0 Å². The topological polar surface area (TPSA) is 70.5 Å². The standard InChI is InChI=1S/C23H31N5O2/c1-16-21(17(2)26(3)25-16)15-27-9-11-28(12-10-27)22(29)14-24-23(30)20-8-7-18-5-4-6-19(18)13-20/h7-8,13H,4-6,9-12,14-15H2,1-3H3,(H,24,30). The molecule has 0 saturated carbocycles. The number of hydrogen-bond acceptors (Lipinski definition) is 4. The lowest BCUT2D eigenvalue weighted by atomic mass is 10.1. The summed E-state index contributed by atoms with van der Waals surface area (Å²) in [7, 11) is 1.97. The van der Waals surface area contributed by atoms with Gasteiger partial charge in [0.15, 0.2) is 0 Å². The first kappa shape index (κ1) is 20.6. The molecule has 0 atom stereocenters. The van der Waals surface area contributed by atoms with Crippen LogP contribution < -0.4 is 5.32 Å². The van der Waals surface area contributed by atoms with Gasteiger partial charge in [-0.3, -0.25) is 19.2 Å². The molecule has 1 aliphatic carbocycles. The fourth-order valence-electron chi connectivity index (χ4n) is 4.51. The van der Waals surface area contributed by atoms with Crippen molar-refractivity contribution in [2.24, 2.45) is 7.05 Å². The van der Waals surface area contributed by atoms with E-state index in [9.17, 15) is 9.59 Å². The van der Waals surface area contributed by atoms with Gasteiger partial charge in [-0.15, -0.1) is 0 Å². The SMILES string of the molecule is Cc1nn(C)c(C)c1CN1CCN(C(=O)CNC(=O)c2ccc3c(c2)CCC3)CC1. The average molecular weight is 410 g/mol. The number of amides is 2. The Bertz CT molecular complexity index is 957. The second-order valence-corrected chi connectivity index (χ2v) is 8.45. The fourth-order valence-corrected chi connectivity index (χ4v) is 4.51. The molecule has 7 heteroatoms. The highest BCUT2D eigenvalue weighted by atomic mass is 16.2. The van der Waals surface area contributed by atoms with Gasteiger partial charge in [-0.05, 0) is 56.4 Å². The molecule has 1 aromatic heterocycles. The maximum Gasteiger partial charge on any atom is 0.251 e. The van der Waals surface area contributed by atoms with Crippen LogP contribution in [0.1, 0.15) is 44.9 Å². The Balaban J connectivity index is 1.25. The predicted molar refractivity (Wildman–Crippen MR) is 115 cm³/mol. The molecule has 2 heterocycles. The molecule has 160 valence electrons. The zero-order valence-corrected chi connectivity index (χ0v) is 18.2. The molecule has 1 N–H and O–H groups in total. The molecule has 0 unspecified atom stereocenters. The maximum absolute atomic E-state index is 12.6. The zero-order valence-electron chi connectivity index (χ0n) is 18.2. The third kappa shape index (κ3) is 4.26. The first-order chi connectivity index (χ1) is 14.4. The van der Waals surface area contributed by atoms with Crippen molar-refractivity contribution in [3.05, 3.63) is 51.8 Å². The number of fused-ring (bicyclic) bond motifs is 1. The summed E-state index contributed by atoms with van der Waals surface area (Å²) in [5, 5.41) is 7.29. The number of rotatable bonds is 5. The molecular weight excluding hydrogens is 378 g/mol. The highest BCUT2D eigenvalue weighted by Gasteiger charge is 2.23. The largest absolute Gasteiger partial charge is 0.343 e. The summed E-state index contributed by atoms with van der Waals surface area (Å²) in [4.78, 5) is 29.2. The van der Waals surface area contributed by atoms with E-state index in [-0.39, 0.29) is 18.4 Å². The third-order valence-corrected chi connectivity index (χ3v) is 6.53. The van der Waals surface area contributed by atoms with Gasteiger partial charge in [0.05, 0.1) is 12.2 Å². The Kier molecular flexibility index (Phi) is 5.90. The number of hydrogen-bond donors (Lipinski definition) is 1. The van der Waals surface area contributed by atoms with Crippen molar-refractivity contribution in [2.45, 2.75) is 39.7 Å². The number of aryl methyl sites for hydroxylation is 4. The number of nitrogens with one attached hydrogen (secondary N) is 1. The Hall–Kier alpha value is -2.67. The molecule has 2 aromatic rings. The molecule has 7 nitrogen and oxygen atoms in total. The van der Waals surface area contributed by atoms with Crippen LogP contribution in [-0.4, -0.2) is 64.1 Å². The molecule has 1 saturated heterocycles. The van der Waals surface area contributed by atoms with E-state index in [0.29, 0.717) is 18.7 Å². The molecule has 2 amide bonds. The van der Waals surface area contributed by atoms with Crippen LogP contribution in [0.5, 0.6) is 0 Å². The third-order valence-electron chi connectivity index (χ3n) is 6.53. The van der Waals surface area contributed by atoms with Gasteiger partial charge in [0.1, 0.15) is 0 Å². The van der Waals surface area contributed by atoms with Crippen LogP contribution in [0, 0.1) is 13.8 Å². The molecule has 1 fully saturated rings. The average Bonchev–Trinajstić information content (AvgIpc) is 3.31. The van der Waals surface area contributed by atoms with Crippen LogP contribution in [0.4, 0.5) is 0 Å². The number of carbonyl (C=O) groups is 2. The van der Waals surface area contributed by atoms with E-state index < -0.39 is 0 Å². The number of aromatic nitrogens is 2. The van der Waals surface area contributed by atoms with Crippen LogP contribution in [0.15, 0.2) is 18.2 Å². The molecule has 0 spiro atoms. The summed E-state index contributed by atoms with van der Waals surface area (Å²) < 4.78 is 1.92. The number of benzene rings is 1. The van der Waals surface area contributed by atoms with E-state index in [4.69, 9.17) is 0 Å². The van der Waals surface area contributed by atoms with Gasteiger partial charge in [0, 0.05) is 56.6 Å². The fraction of sp³-hybridized carbons (Fsp3) is 0.522.